The molecule has 9 heteroatoms. The second kappa shape index (κ2) is 8.81. The average molecular weight is 380 g/mol. The van der Waals surface area contributed by atoms with Crippen molar-refractivity contribution in [1.29, 1.82) is 5.26 Å². The molecule has 2 aromatic heterocycles. The molecule has 0 saturated heterocycles. The molecule has 1 amide bonds. The summed E-state index contributed by atoms with van der Waals surface area (Å²) in [5.41, 5.74) is 1.50. The molecule has 0 bridgehead atoms. The minimum Gasteiger partial charge on any atom is -0.472 e. The summed E-state index contributed by atoms with van der Waals surface area (Å²) in [4.78, 5) is 24.2. The number of carbonyl (C=O) groups excluding carboxylic acids is 1. The molecule has 2 aromatic rings. The van der Waals surface area contributed by atoms with Crippen LogP contribution >= 0.6 is 0 Å². The molecule has 0 radical (unpaired) electrons. The highest BCUT2D eigenvalue weighted by Crippen LogP contribution is 2.29. The van der Waals surface area contributed by atoms with Crippen LogP contribution in [0.5, 0.6) is 5.88 Å². The Kier molecular flexibility index (Phi) is 6.01. The van der Waals surface area contributed by atoms with Crippen molar-refractivity contribution < 1.29 is 13.9 Å². The summed E-state index contributed by atoms with van der Waals surface area (Å²) in [6.07, 6.45) is 8.07. The molecular weight excluding hydrogens is 363 g/mol. The number of halogens is 1. The fourth-order valence-electron chi connectivity index (χ4n) is 2.64. The molecule has 0 aromatic carbocycles. The van der Waals surface area contributed by atoms with Crippen molar-refractivity contribution in [2.24, 2.45) is 5.10 Å². The van der Waals surface area contributed by atoms with Crippen molar-refractivity contribution in [1.82, 2.24) is 20.0 Å². The summed E-state index contributed by atoms with van der Waals surface area (Å²) in [6, 6.07) is 2.88. The molecule has 1 aliphatic heterocycles. The third-order valence-corrected chi connectivity index (χ3v) is 4.06. The lowest BCUT2D eigenvalue weighted by Crippen LogP contribution is -2.27. The summed E-state index contributed by atoms with van der Waals surface area (Å²) in [5, 5.41) is 14.2. The lowest BCUT2D eigenvalue weighted by Gasteiger charge is -2.22. The Morgan fingerprint density at radius 1 is 1.32 bits per heavy atom. The highest BCUT2D eigenvalue weighted by molar-refractivity contribution is 5.80. The van der Waals surface area contributed by atoms with Gasteiger partial charge in [0.2, 0.25) is 11.8 Å². The van der Waals surface area contributed by atoms with E-state index in [2.05, 4.69) is 26.6 Å². The Morgan fingerprint density at radius 3 is 2.89 bits per heavy atom. The number of carbonyl (C=O) groups is 1. The maximum absolute atomic E-state index is 13.4. The van der Waals surface area contributed by atoms with Gasteiger partial charge in [0, 0.05) is 25.3 Å². The SMILES string of the molecule is C=C(CCC(=O)N1N=CCC1c1cncc(F)c1)COc1cnc(C#N)cn1. The first-order chi connectivity index (χ1) is 13.6. The van der Waals surface area contributed by atoms with E-state index in [1.807, 2.05) is 6.07 Å². The van der Waals surface area contributed by atoms with Crippen molar-refractivity contribution >= 4 is 12.1 Å². The Bertz CT molecular complexity index is 938. The first kappa shape index (κ1) is 19.1. The Hall–Kier alpha value is -3.67. The maximum Gasteiger partial charge on any atom is 0.243 e. The van der Waals surface area contributed by atoms with E-state index in [0.717, 1.165) is 6.20 Å². The third-order valence-electron chi connectivity index (χ3n) is 4.06. The van der Waals surface area contributed by atoms with Gasteiger partial charge in [-0.3, -0.25) is 9.78 Å². The summed E-state index contributed by atoms with van der Waals surface area (Å²) in [7, 11) is 0. The Balaban J connectivity index is 1.49. The minimum atomic E-state index is -0.451. The minimum absolute atomic E-state index is 0.175. The van der Waals surface area contributed by atoms with E-state index in [0.29, 0.717) is 24.0 Å². The molecule has 0 aliphatic carbocycles. The predicted octanol–water partition coefficient (Wildman–Crippen LogP) is 2.56. The van der Waals surface area contributed by atoms with Crippen molar-refractivity contribution in [2.75, 3.05) is 6.61 Å². The molecule has 1 atom stereocenters. The van der Waals surface area contributed by atoms with Gasteiger partial charge >= 0.3 is 0 Å². The van der Waals surface area contributed by atoms with E-state index >= 15 is 0 Å². The summed E-state index contributed by atoms with van der Waals surface area (Å²) in [5.74, 6) is -0.371. The van der Waals surface area contributed by atoms with Gasteiger partial charge in [-0.2, -0.15) is 10.4 Å². The summed E-state index contributed by atoms with van der Waals surface area (Å²) in [6.45, 7) is 4.07. The normalized spacial score (nSPS) is 15.3. The molecule has 8 nitrogen and oxygen atoms in total. The molecule has 0 N–H and O–H groups in total. The van der Waals surface area contributed by atoms with Crippen molar-refractivity contribution in [2.45, 2.75) is 25.3 Å². The van der Waals surface area contributed by atoms with E-state index in [1.165, 1.54) is 29.7 Å². The van der Waals surface area contributed by atoms with Gasteiger partial charge in [-0.05, 0) is 23.6 Å². The molecule has 142 valence electrons. The molecular formula is C19H17FN6O2. The molecule has 0 fully saturated rings. The van der Waals surface area contributed by atoms with Crippen LogP contribution in [0.3, 0.4) is 0 Å². The Labute approximate surface area is 161 Å². The predicted molar refractivity (Wildman–Crippen MR) is 97.5 cm³/mol. The van der Waals surface area contributed by atoms with Crippen LogP contribution in [0.4, 0.5) is 4.39 Å². The van der Waals surface area contributed by atoms with Gasteiger partial charge in [0.05, 0.1) is 24.6 Å². The van der Waals surface area contributed by atoms with Gasteiger partial charge in [0.25, 0.3) is 0 Å². The van der Waals surface area contributed by atoms with Crippen LogP contribution in [-0.4, -0.2) is 38.7 Å². The van der Waals surface area contributed by atoms with Crippen LogP contribution in [0.15, 0.2) is 48.1 Å². The zero-order chi connectivity index (χ0) is 19.9. The number of ether oxygens (including phenoxy) is 1. The molecule has 3 heterocycles. The number of rotatable bonds is 7. The highest BCUT2D eigenvalue weighted by atomic mass is 19.1. The fraction of sp³-hybridized carbons (Fsp3) is 0.263. The maximum atomic E-state index is 13.4. The fourth-order valence-corrected chi connectivity index (χ4v) is 2.64. The highest BCUT2D eigenvalue weighted by Gasteiger charge is 2.28. The second-order valence-electron chi connectivity index (χ2n) is 6.11. The Morgan fingerprint density at radius 2 is 2.18 bits per heavy atom. The van der Waals surface area contributed by atoms with E-state index in [-0.39, 0.29) is 36.6 Å². The molecule has 0 saturated carbocycles. The number of nitriles is 1. The second-order valence-corrected chi connectivity index (χ2v) is 6.11. The summed E-state index contributed by atoms with van der Waals surface area (Å²) < 4.78 is 18.9. The zero-order valence-electron chi connectivity index (χ0n) is 15.0. The first-order valence-electron chi connectivity index (χ1n) is 8.53. The smallest absolute Gasteiger partial charge is 0.243 e. The van der Waals surface area contributed by atoms with Crippen LogP contribution in [0.25, 0.3) is 0 Å². The average Bonchev–Trinajstić information content (AvgIpc) is 3.21. The van der Waals surface area contributed by atoms with Crippen LogP contribution in [0, 0.1) is 17.1 Å². The van der Waals surface area contributed by atoms with Crippen molar-refractivity contribution in [3.8, 4) is 11.9 Å². The largest absolute Gasteiger partial charge is 0.472 e. The van der Waals surface area contributed by atoms with Crippen molar-refractivity contribution in [3.63, 3.8) is 0 Å². The van der Waals surface area contributed by atoms with Gasteiger partial charge in [0.1, 0.15) is 18.5 Å². The van der Waals surface area contributed by atoms with Gasteiger partial charge in [0.15, 0.2) is 5.69 Å². The van der Waals surface area contributed by atoms with E-state index in [4.69, 9.17) is 10.00 Å². The van der Waals surface area contributed by atoms with Gasteiger partial charge in [-0.15, -0.1) is 0 Å². The standard InChI is InChI=1S/C19H17FN6O2/c1-13(12-28-18-11-23-16(7-21)10-24-18)2-3-19(27)26-17(4-5-25-26)14-6-15(20)9-22-8-14/h5-6,8-11,17H,1-4,12H2. The molecule has 3 rings (SSSR count). The first-order valence-corrected chi connectivity index (χ1v) is 8.53. The molecule has 0 spiro atoms. The van der Waals surface area contributed by atoms with E-state index in [1.54, 1.807) is 6.21 Å². The number of amides is 1. The van der Waals surface area contributed by atoms with E-state index in [9.17, 15) is 9.18 Å². The zero-order valence-corrected chi connectivity index (χ0v) is 15.0. The van der Waals surface area contributed by atoms with Gasteiger partial charge in [-0.1, -0.05) is 6.58 Å². The van der Waals surface area contributed by atoms with Crippen LogP contribution in [-0.2, 0) is 4.79 Å². The number of hydrogen-bond acceptors (Lipinski definition) is 7. The van der Waals surface area contributed by atoms with Gasteiger partial charge in [-0.25, -0.2) is 19.4 Å². The number of hydrazone groups is 1. The van der Waals surface area contributed by atoms with Crippen LogP contribution in [0.1, 0.15) is 36.6 Å². The lowest BCUT2D eigenvalue weighted by molar-refractivity contribution is -0.133. The molecule has 28 heavy (non-hydrogen) atoms. The van der Waals surface area contributed by atoms with E-state index < -0.39 is 5.82 Å². The molecule has 1 unspecified atom stereocenters. The van der Waals surface area contributed by atoms with Gasteiger partial charge < -0.3 is 4.74 Å². The topological polar surface area (TPSA) is 104 Å². The quantitative estimate of drug-likeness (QED) is 0.684. The van der Waals surface area contributed by atoms with Crippen LogP contribution in [0.2, 0.25) is 0 Å². The number of pyridine rings is 1. The number of aromatic nitrogens is 3. The monoisotopic (exact) mass is 380 g/mol. The summed E-state index contributed by atoms with van der Waals surface area (Å²) >= 11 is 0. The number of hydrogen-bond donors (Lipinski definition) is 0. The molecule has 1 aliphatic rings. The third kappa shape index (κ3) is 4.73. The number of nitrogens with zero attached hydrogens (tertiary/aromatic N) is 6. The van der Waals surface area contributed by atoms with Crippen molar-refractivity contribution in [3.05, 3.63) is 60.1 Å². The van der Waals surface area contributed by atoms with Crippen LogP contribution < -0.4 is 4.74 Å². The lowest BCUT2D eigenvalue weighted by atomic mass is 10.1.